The van der Waals surface area contributed by atoms with E-state index in [-0.39, 0.29) is 0 Å². The zero-order valence-corrected chi connectivity index (χ0v) is 13.5. The number of para-hydroxylation sites is 2. The molecule has 22 heavy (non-hydrogen) atoms. The zero-order valence-electron chi connectivity index (χ0n) is 12.6. The molecule has 0 radical (unpaired) electrons. The molecule has 0 amide bonds. The monoisotopic (exact) mass is 319 g/mol. The number of rotatable bonds is 9. The maximum Gasteiger partial charge on any atom is 0.430 e. The average molecular weight is 319 g/mol. The highest BCUT2D eigenvalue weighted by Gasteiger charge is 2.27. The number of benzene rings is 2. The minimum atomic E-state index is -3.24. The lowest BCUT2D eigenvalue weighted by molar-refractivity contribution is 0.383. The van der Waals surface area contributed by atoms with E-state index >= 15 is 0 Å². The van der Waals surface area contributed by atoms with Crippen molar-refractivity contribution in [2.75, 3.05) is 12.7 Å². The number of hydrogen-bond acceptors (Lipinski definition) is 4. The van der Waals surface area contributed by atoms with Gasteiger partial charge in [0.2, 0.25) is 0 Å². The van der Waals surface area contributed by atoms with E-state index in [1.54, 1.807) is 24.3 Å². The molecule has 0 saturated carbocycles. The van der Waals surface area contributed by atoms with Crippen LogP contribution in [-0.4, -0.2) is 12.7 Å². The van der Waals surface area contributed by atoms with Crippen molar-refractivity contribution < 1.29 is 13.6 Å². The molecular formula is C17H22NO3P. The molecule has 0 aliphatic heterocycles. The average Bonchev–Trinajstić information content (AvgIpc) is 2.53. The van der Waals surface area contributed by atoms with E-state index < -0.39 is 7.60 Å². The minimum absolute atomic E-state index is 0.372. The SMILES string of the molecule is NCCCCCP(=O)(Oc1ccccc1)Oc1ccccc1. The van der Waals surface area contributed by atoms with Crippen LogP contribution in [0.4, 0.5) is 0 Å². The Kier molecular flexibility index (Phi) is 6.50. The van der Waals surface area contributed by atoms with Gasteiger partial charge >= 0.3 is 7.60 Å². The van der Waals surface area contributed by atoms with Crippen molar-refractivity contribution in [2.24, 2.45) is 5.73 Å². The molecule has 0 saturated heterocycles. The molecule has 0 aromatic heterocycles. The van der Waals surface area contributed by atoms with Gasteiger partial charge in [-0.15, -0.1) is 0 Å². The number of unbranched alkanes of at least 4 members (excludes halogenated alkanes) is 2. The van der Waals surface area contributed by atoms with Crippen molar-refractivity contribution in [1.82, 2.24) is 0 Å². The summed E-state index contributed by atoms with van der Waals surface area (Å²) >= 11 is 0. The third kappa shape index (κ3) is 5.55. The largest absolute Gasteiger partial charge is 0.430 e. The Morgan fingerprint density at radius 2 is 1.27 bits per heavy atom. The molecule has 118 valence electrons. The predicted molar refractivity (Wildman–Crippen MR) is 89.5 cm³/mol. The number of hydrogen-bond donors (Lipinski definition) is 1. The maximum atomic E-state index is 13.0. The molecule has 2 N–H and O–H groups in total. The highest BCUT2D eigenvalue weighted by Crippen LogP contribution is 2.49. The van der Waals surface area contributed by atoms with Gasteiger partial charge in [0.05, 0.1) is 6.16 Å². The van der Waals surface area contributed by atoms with E-state index in [4.69, 9.17) is 14.8 Å². The van der Waals surface area contributed by atoms with Crippen molar-refractivity contribution in [3.63, 3.8) is 0 Å². The molecule has 0 bridgehead atoms. The predicted octanol–water partition coefficient (Wildman–Crippen LogP) is 4.47. The van der Waals surface area contributed by atoms with Crippen LogP contribution in [0.25, 0.3) is 0 Å². The smallest absolute Gasteiger partial charge is 0.416 e. The third-order valence-corrected chi connectivity index (χ3v) is 4.95. The van der Waals surface area contributed by atoms with Crippen LogP contribution in [0.5, 0.6) is 11.5 Å². The second-order valence-corrected chi connectivity index (χ2v) is 7.03. The Balaban J connectivity index is 2.07. The van der Waals surface area contributed by atoms with Gasteiger partial charge in [0.15, 0.2) is 0 Å². The van der Waals surface area contributed by atoms with Gasteiger partial charge in [-0.2, -0.15) is 0 Å². The van der Waals surface area contributed by atoms with Gasteiger partial charge in [0.25, 0.3) is 0 Å². The summed E-state index contributed by atoms with van der Waals surface area (Å²) in [5, 5.41) is 0. The molecule has 0 atom stereocenters. The molecule has 0 unspecified atom stereocenters. The second-order valence-electron chi connectivity index (χ2n) is 4.99. The van der Waals surface area contributed by atoms with Crippen molar-refractivity contribution in [3.8, 4) is 11.5 Å². The Morgan fingerprint density at radius 3 is 1.73 bits per heavy atom. The molecule has 0 aliphatic carbocycles. The Labute approximate surface area is 131 Å². The molecule has 2 aromatic carbocycles. The van der Waals surface area contributed by atoms with Gasteiger partial charge in [-0.05, 0) is 43.7 Å². The van der Waals surface area contributed by atoms with E-state index in [1.807, 2.05) is 36.4 Å². The summed E-state index contributed by atoms with van der Waals surface area (Å²) in [7, 11) is -3.24. The quantitative estimate of drug-likeness (QED) is 0.547. The van der Waals surface area contributed by atoms with Crippen LogP contribution in [0.3, 0.4) is 0 Å². The van der Waals surface area contributed by atoms with Gasteiger partial charge in [0.1, 0.15) is 11.5 Å². The number of nitrogens with two attached hydrogens (primary N) is 1. The van der Waals surface area contributed by atoms with Crippen LogP contribution in [0, 0.1) is 0 Å². The van der Waals surface area contributed by atoms with E-state index in [0.717, 1.165) is 19.3 Å². The Morgan fingerprint density at radius 1 is 0.773 bits per heavy atom. The first-order valence-electron chi connectivity index (χ1n) is 7.50. The molecule has 2 rings (SSSR count). The molecule has 0 heterocycles. The first kappa shape index (κ1) is 16.6. The summed E-state index contributed by atoms with van der Waals surface area (Å²) in [4.78, 5) is 0. The molecule has 2 aromatic rings. The summed E-state index contributed by atoms with van der Waals surface area (Å²) in [6.45, 7) is 0.642. The van der Waals surface area contributed by atoms with E-state index in [0.29, 0.717) is 24.2 Å². The summed E-state index contributed by atoms with van der Waals surface area (Å²) in [6, 6.07) is 18.3. The first-order valence-corrected chi connectivity index (χ1v) is 9.23. The Bertz CT molecular complexity index is 544. The summed E-state index contributed by atoms with van der Waals surface area (Å²) in [5.41, 5.74) is 5.49. The van der Waals surface area contributed by atoms with Gasteiger partial charge in [-0.3, -0.25) is 0 Å². The molecule has 5 heteroatoms. The normalized spacial score (nSPS) is 11.1. The van der Waals surface area contributed by atoms with E-state index in [9.17, 15) is 4.57 Å². The van der Waals surface area contributed by atoms with Gasteiger partial charge in [-0.25, -0.2) is 4.57 Å². The van der Waals surface area contributed by atoms with E-state index in [1.165, 1.54) is 0 Å². The fraction of sp³-hybridized carbons (Fsp3) is 0.294. The highest BCUT2D eigenvalue weighted by molar-refractivity contribution is 7.54. The van der Waals surface area contributed by atoms with Crippen LogP contribution >= 0.6 is 7.60 Å². The van der Waals surface area contributed by atoms with Gasteiger partial charge < -0.3 is 14.8 Å². The van der Waals surface area contributed by atoms with Crippen LogP contribution in [0.15, 0.2) is 60.7 Å². The highest BCUT2D eigenvalue weighted by atomic mass is 31.2. The van der Waals surface area contributed by atoms with Crippen molar-refractivity contribution in [1.29, 1.82) is 0 Å². The second kappa shape index (κ2) is 8.62. The van der Waals surface area contributed by atoms with Crippen molar-refractivity contribution in [2.45, 2.75) is 19.3 Å². The zero-order chi connectivity index (χ0) is 15.7. The van der Waals surface area contributed by atoms with Crippen molar-refractivity contribution >= 4 is 7.60 Å². The van der Waals surface area contributed by atoms with Crippen molar-refractivity contribution in [3.05, 3.63) is 60.7 Å². The third-order valence-electron chi connectivity index (χ3n) is 3.11. The Hall–Kier alpha value is -1.77. The maximum absolute atomic E-state index is 13.0. The minimum Gasteiger partial charge on any atom is -0.416 e. The lowest BCUT2D eigenvalue weighted by Crippen LogP contribution is -2.06. The van der Waals surface area contributed by atoms with Gasteiger partial charge in [0, 0.05) is 0 Å². The first-order chi connectivity index (χ1) is 10.7. The fourth-order valence-electron chi connectivity index (χ4n) is 2.02. The summed E-state index contributed by atoms with van der Waals surface area (Å²) < 4.78 is 24.4. The standard InChI is InChI=1S/C17H22NO3P/c18-14-8-3-9-15-22(19,20-16-10-4-1-5-11-16)21-17-12-6-2-7-13-17/h1-2,4-7,10-13H,3,8-9,14-15,18H2. The molecule has 0 aliphatic rings. The molecule has 0 spiro atoms. The van der Waals surface area contributed by atoms with Crippen LogP contribution in [-0.2, 0) is 4.57 Å². The fourth-order valence-corrected chi connectivity index (χ4v) is 3.74. The van der Waals surface area contributed by atoms with Gasteiger partial charge in [-0.1, -0.05) is 42.8 Å². The molecular weight excluding hydrogens is 297 g/mol. The van der Waals surface area contributed by atoms with Crippen LogP contribution < -0.4 is 14.8 Å². The molecule has 0 fully saturated rings. The van der Waals surface area contributed by atoms with Crippen LogP contribution in [0.2, 0.25) is 0 Å². The topological polar surface area (TPSA) is 61.6 Å². The van der Waals surface area contributed by atoms with Crippen LogP contribution in [0.1, 0.15) is 19.3 Å². The lowest BCUT2D eigenvalue weighted by atomic mass is 10.2. The summed E-state index contributed by atoms with van der Waals surface area (Å²) in [5.74, 6) is 1.11. The summed E-state index contributed by atoms with van der Waals surface area (Å²) in [6.07, 6.45) is 2.96. The molecule has 4 nitrogen and oxygen atoms in total. The van der Waals surface area contributed by atoms with E-state index in [2.05, 4.69) is 0 Å². The lowest BCUT2D eigenvalue weighted by Gasteiger charge is -2.20.